The average Bonchev–Trinajstić information content (AvgIpc) is 2.26. The third-order valence-electron chi connectivity index (χ3n) is 2.49. The zero-order chi connectivity index (χ0) is 10.4. The number of hydrogen-bond donors (Lipinski definition) is 2. The normalized spacial score (nSPS) is 18.3. The number of likely N-dealkylation sites (N-methyl/N-ethyl adjacent to an activating group) is 1. The van der Waals surface area contributed by atoms with Crippen molar-refractivity contribution in [3.05, 3.63) is 0 Å². The Morgan fingerprint density at radius 2 is 2.00 bits per heavy atom. The van der Waals surface area contributed by atoms with Crippen LogP contribution in [0.5, 0.6) is 0 Å². The highest BCUT2D eigenvalue weighted by Crippen LogP contribution is 2.00. The first-order valence-electron chi connectivity index (χ1n) is 5.14. The van der Waals surface area contributed by atoms with E-state index in [1.54, 1.807) is 4.90 Å². The van der Waals surface area contributed by atoms with E-state index in [9.17, 15) is 4.79 Å². The highest BCUT2D eigenvalue weighted by Gasteiger charge is 2.19. The number of aliphatic hydroxyl groups is 1. The second kappa shape index (κ2) is 5.82. The van der Waals surface area contributed by atoms with Crippen molar-refractivity contribution in [1.29, 1.82) is 0 Å². The minimum atomic E-state index is -0.0604. The van der Waals surface area contributed by atoms with E-state index in [0.717, 1.165) is 32.7 Å². The molecule has 0 saturated carbocycles. The van der Waals surface area contributed by atoms with E-state index >= 15 is 0 Å². The average molecular weight is 201 g/mol. The molecular weight excluding hydrogens is 182 g/mol. The van der Waals surface area contributed by atoms with Crippen molar-refractivity contribution in [3.63, 3.8) is 0 Å². The van der Waals surface area contributed by atoms with E-state index in [-0.39, 0.29) is 12.6 Å². The molecule has 82 valence electrons. The molecule has 0 aromatic heterocycles. The predicted molar refractivity (Wildman–Crippen MR) is 54.2 cm³/mol. The van der Waals surface area contributed by atoms with Crippen LogP contribution >= 0.6 is 0 Å². The number of rotatable bonds is 3. The zero-order valence-corrected chi connectivity index (χ0v) is 8.70. The summed E-state index contributed by atoms with van der Waals surface area (Å²) < 4.78 is 0. The van der Waals surface area contributed by atoms with Gasteiger partial charge < -0.3 is 20.2 Å². The highest BCUT2D eigenvalue weighted by molar-refractivity contribution is 5.74. The molecule has 0 radical (unpaired) electrons. The summed E-state index contributed by atoms with van der Waals surface area (Å²) >= 11 is 0. The summed E-state index contributed by atoms with van der Waals surface area (Å²) in [6.45, 7) is 6.98. The number of hydrogen-bond acceptors (Lipinski definition) is 3. The van der Waals surface area contributed by atoms with Gasteiger partial charge >= 0.3 is 6.03 Å². The van der Waals surface area contributed by atoms with E-state index < -0.39 is 0 Å². The summed E-state index contributed by atoms with van der Waals surface area (Å²) in [5, 5.41) is 11.2. The molecule has 0 spiro atoms. The van der Waals surface area contributed by atoms with Gasteiger partial charge in [-0.3, -0.25) is 0 Å². The van der Waals surface area contributed by atoms with Gasteiger partial charge in [0.15, 0.2) is 0 Å². The van der Waals surface area contributed by atoms with Gasteiger partial charge in [0.25, 0.3) is 0 Å². The van der Waals surface area contributed by atoms with Crippen LogP contribution in [-0.2, 0) is 0 Å². The molecule has 14 heavy (non-hydrogen) atoms. The fourth-order valence-corrected chi connectivity index (χ4v) is 1.54. The van der Waals surface area contributed by atoms with Gasteiger partial charge in [-0.05, 0) is 6.54 Å². The lowest BCUT2D eigenvalue weighted by atomic mass is 10.3. The summed E-state index contributed by atoms with van der Waals surface area (Å²) in [6, 6.07) is -0.0604. The van der Waals surface area contributed by atoms with E-state index in [4.69, 9.17) is 5.11 Å². The van der Waals surface area contributed by atoms with Gasteiger partial charge in [0.05, 0.1) is 6.61 Å². The van der Waals surface area contributed by atoms with Gasteiger partial charge in [0.1, 0.15) is 0 Å². The van der Waals surface area contributed by atoms with Crippen molar-refractivity contribution in [2.75, 3.05) is 45.9 Å². The van der Waals surface area contributed by atoms with Gasteiger partial charge in [-0.15, -0.1) is 0 Å². The Balaban J connectivity index is 2.23. The first-order valence-corrected chi connectivity index (χ1v) is 5.14. The van der Waals surface area contributed by atoms with E-state index in [1.807, 2.05) is 0 Å². The number of carbonyl (C=O) groups excluding carboxylic acids is 1. The SMILES string of the molecule is CCN1CCN(C(=O)NCCO)CC1. The molecule has 5 heteroatoms. The van der Waals surface area contributed by atoms with Crippen LogP contribution in [0.4, 0.5) is 4.79 Å². The molecule has 0 aliphatic carbocycles. The summed E-state index contributed by atoms with van der Waals surface area (Å²) in [5.74, 6) is 0. The van der Waals surface area contributed by atoms with Crippen LogP contribution in [-0.4, -0.2) is 66.8 Å². The molecule has 1 aliphatic heterocycles. The summed E-state index contributed by atoms with van der Waals surface area (Å²) in [6.07, 6.45) is 0. The van der Waals surface area contributed by atoms with Gasteiger partial charge in [-0.1, -0.05) is 6.92 Å². The van der Waals surface area contributed by atoms with Crippen molar-refractivity contribution < 1.29 is 9.90 Å². The van der Waals surface area contributed by atoms with Gasteiger partial charge in [0.2, 0.25) is 0 Å². The zero-order valence-electron chi connectivity index (χ0n) is 8.70. The van der Waals surface area contributed by atoms with Crippen LogP contribution < -0.4 is 5.32 Å². The Kier molecular flexibility index (Phi) is 4.69. The lowest BCUT2D eigenvalue weighted by Gasteiger charge is -2.33. The summed E-state index contributed by atoms with van der Waals surface area (Å²) in [7, 11) is 0. The minimum Gasteiger partial charge on any atom is -0.395 e. The molecule has 0 aromatic rings. The first-order chi connectivity index (χ1) is 6.77. The van der Waals surface area contributed by atoms with E-state index in [0.29, 0.717) is 6.54 Å². The molecule has 0 unspecified atom stereocenters. The third kappa shape index (κ3) is 3.16. The topological polar surface area (TPSA) is 55.8 Å². The highest BCUT2D eigenvalue weighted by atomic mass is 16.3. The maximum Gasteiger partial charge on any atom is 0.317 e. The van der Waals surface area contributed by atoms with Crippen LogP contribution in [0, 0.1) is 0 Å². The predicted octanol–water partition coefficient (Wildman–Crippen LogP) is -0.674. The summed E-state index contributed by atoms with van der Waals surface area (Å²) in [5.41, 5.74) is 0. The standard InChI is InChI=1S/C9H19N3O2/c1-2-11-4-6-12(7-5-11)9(14)10-3-8-13/h13H,2-8H2,1H3,(H,10,14). The summed E-state index contributed by atoms with van der Waals surface area (Å²) in [4.78, 5) is 15.5. The molecule has 2 N–H and O–H groups in total. The quantitative estimate of drug-likeness (QED) is 0.636. The number of nitrogens with zero attached hydrogens (tertiary/aromatic N) is 2. The Bertz CT molecular complexity index is 179. The van der Waals surface area contributed by atoms with Crippen molar-refractivity contribution >= 4 is 6.03 Å². The molecule has 1 saturated heterocycles. The Morgan fingerprint density at radius 1 is 1.36 bits per heavy atom. The van der Waals surface area contributed by atoms with Crippen molar-refractivity contribution in [2.45, 2.75) is 6.92 Å². The maximum atomic E-state index is 11.4. The minimum absolute atomic E-state index is 0.000660. The number of carbonyl (C=O) groups is 1. The molecule has 2 amide bonds. The van der Waals surface area contributed by atoms with Crippen LogP contribution in [0.3, 0.4) is 0 Å². The first kappa shape index (κ1) is 11.3. The van der Waals surface area contributed by atoms with Gasteiger partial charge in [-0.25, -0.2) is 4.79 Å². The molecule has 0 aromatic carbocycles. The molecule has 1 heterocycles. The van der Waals surface area contributed by atoms with Gasteiger partial charge in [0, 0.05) is 32.7 Å². The Labute approximate surface area is 84.7 Å². The molecule has 1 aliphatic rings. The fourth-order valence-electron chi connectivity index (χ4n) is 1.54. The van der Waals surface area contributed by atoms with Crippen LogP contribution in [0.2, 0.25) is 0 Å². The van der Waals surface area contributed by atoms with Crippen LogP contribution in [0.25, 0.3) is 0 Å². The van der Waals surface area contributed by atoms with Crippen molar-refractivity contribution in [2.24, 2.45) is 0 Å². The van der Waals surface area contributed by atoms with E-state index in [2.05, 4.69) is 17.1 Å². The second-order valence-electron chi connectivity index (χ2n) is 3.38. The number of aliphatic hydroxyl groups excluding tert-OH is 1. The number of urea groups is 1. The fraction of sp³-hybridized carbons (Fsp3) is 0.889. The molecule has 0 atom stereocenters. The number of nitrogens with one attached hydrogen (secondary N) is 1. The molecule has 1 fully saturated rings. The molecule has 0 bridgehead atoms. The largest absolute Gasteiger partial charge is 0.395 e. The number of piperazine rings is 1. The smallest absolute Gasteiger partial charge is 0.317 e. The maximum absolute atomic E-state index is 11.4. The Hall–Kier alpha value is -0.810. The van der Waals surface area contributed by atoms with Gasteiger partial charge in [-0.2, -0.15) is 0 Å². The van der Waals surface area contributed by atoms with Crippen LogP contribution in [0.1, 0.15) is 6.92 Å². The van der Waals surface area contributed by atoms with Crippen molar-refractivity contribution in [1.82, 2.24) is 15.1 Å². The molecule has 1 rings (SSSR count). The van der Waals surface area contributed by atoms with Crippen LogP contribution in [0.15, 0.2) is 0 Å². The van der Waals surface area contributed by atoms with Crippen molar-refractivity contribution in [3.8, 4) is 0 Å². The lowest BCUT2D eigenvalue weighted by Crippen LogP contribution is -2.51. The second-order valence-corrected chi connectivity index (χ2v) is 3.38. The molecular formula is C9H19N3O2. The molecule has 5 nitrogen and oxygen atoms in total. The lowest BCUT2D eigenvalue weighted by molar-refractivity contribution is 0.141. The van der Waals surface area contributed by atoms with E-state index in [1.165, 1.54) is 0 Å². The number of amides is 2. The third-order valence-corrected chi connectivity index (χ3v) is 2.49. The Morgan fingerprint density at radius 3 is 2.50 bits per heavy atom. The monoisotopic (exact) mass is 201 g/mol.